The number of aromatic nitrogens is 2. The summed E-state index contributed by atoms with van der Waals surface area (Å²) in [6.45, 7) is 2.34. The van der Waals surface area contributed by atoms with E-state index in [2.05, 4.69) is 20.3 Å². The van der Waals surface area contributed by atoms with Crippen LogP contribution in [0, 0.1) is 6.92 Å². The van der Waals surface area contributed by atoms with Crippen molar-refractivity contribution in [2.45, 2.75) is 19.8 Å². The van der Waals surface area contributed by atoms with E-state index in [9.17, 15) is 13.2 Å². The Labute approximate surface area is 107 Å². The number of nitrogens with zero attached hydrogens (tertiary/aromatic N) is 1. The number of rotatable bonds is 4. The topological polar surface area (TPSA) is 49.9 Å². The molecular weight excluding hydrogens is 259 g/mol. The zero-order valence-electron chi connectivity index (χ0n) is 10.1. The molecule has 102 valence electrons. The lowest BCUT2D eigenvalue weighted by Gasteiger charge is -2.11. The molecule has 2 rings (SSSR count). The third-order valence-electron chi connectivity index (χ3n) is 2.48. The number of hydrogen-bond acceptors (Lipinski definition) is 3. The van der Waals surface area contributed by atoms with Gasteiger partial charge in [-0.1, -0.05) is 6.07 Å². The van der Waals surface area contributed by atoms with Gasteiger partial charge < -0.3 is 10.1 Å². The maximum atomic E-state index is 12.1. The van der Waals surface area contributed by atoms with Crippen LogP contribution in [0.1, 0.15) is 11.3 Å². The smallest absolute Gasteiger partial charge is 0.406 e. The summed E-state index contributed by atoms with van der Waals surface area (Å²) < 4.78 is 40.1. The van der Waals surface area contributed by atoms with E-state index in [1.54, 1.807) is 12.3 Å². The molecule has 1 aromatic heterocycles. The van der Waals surface area contributed by atoms with Crippen molar-refractivity contribution >= 4 is 5.69 Å². The molecule has 1 aromatic carbocycles. The minimum atomic E-state index is -4.68. The van der Waals surface area contributed by atoms with Crippen LogP contribution in [0.4, 0.5) is 18.9 Å². The van der Waals surface area contributed by atoms with E-state index < -0.39 is 6.36 Å². The number of aryl methyl sites for hydroxylation is 1. The van der Waals surface area contributed by atoms with Gasteiger partial charge in [0.25, 0.3) is 0 Å². The summed E-state index contributed by atoms with van der Waals surface area (Å²) in [5, 5.41) is 9.65. The highest BCUT2D eigenvalue weighted by molar-refractivity contribution is 5.48. The summed E-state index contributed by atoms with van der Waals surface area (Å²) in [7, 11) is 0. The quantitative estimate of drug-likeness (QED) is 0.897. The number of halogens is 3. The van der Waals surface area contributed by atoms with E-state index in [4.69, 9.17) is 0 Å². The second kappa shape index (κ2) is 5.21. The highest BCUT2D eigenvalue weighted by Gasteiger charge is 2.31. The van der Waals surface area contributed by atoms with Crippen molar-refractivity contribution in [3.8, 4) is 5.75 Å². The maximum absolute atomic E-state index is 12.1. The highest BCUT2D eigenvalue weighted by atomic mass is 19.4. The first-order valence-corrected chi connectivity index (χ1v) is 5.52. The molecule has 0 saturated heterocycles. The van der Waals surface area contributed by atoms with E-state index >= 15 is 0 Å². The van der Waals surface area contributed by atoms with Gasteiger partial charge in [0.1, 0.15) is 5.75 Å². The van der Waals surface area contributed by atoms with Crippen LogP contribution in [0.3, 0.4) is 0 Å². The van der Waals surface area contributed by atoms with Crippen LogP contribution >= 0.6 is 0 Å². The molecule has 4 nitrogen and oxygen atoms in total. The van der Waals surface area contributed by atoms with Crippen LogP contribution in [-0.4, -0.2) is 16.6 Å². The zero-order valence-corrected chi connectivity index (χ0v) is 10.1. The molecule has 7 heteroatoms. The van der Waals surface area contributed by atoms with Gasteiger partial charge in [0.05, 0.1) is 6.20 Å². The summed E-state index contributed by atoms with van der Waals surface area (Å²) in [6, 6.07) is 5.70. The summed E-state index contributed by atoms with van der Waals surface area (Å²) >= 11 is 0. The van der Waals surface area contributed by atoms with Gasteiger partial charge in [-0.15, -0.1) is 13.2 Å². The van der Waals surface area contributed by atoms with Gasteiger partial charge in [-0.3, -0.25) is 5.10 Å². The van der Waals surface area contributed by atoms with E-state index in [0.29, 0.717) is 12.2 Å². The summed E-state index contributed by atoms with van der Waals surface area (Å²) in [5.74, 6) is -0.249. The fraction of sp³-hybridized carbons (Fsp3) is 0.250. The predicted octanol–water partition coefficient (Wildman–Crippen LogP) is 3.23. The average molecular weight is 271 g/mol. The molecule has 0 unspecified atom stereocenters. The van der Waals surface area contributed by atoms with Crippen LogP contribution in [0.2, 0.25) is 0 Å². The molecule has 2 N–H and O–H groups in total. The molecule has 0 bridgehead atoms. The number of aromatic amines is 1. The number of ether oxygens (including phenoxy) is 1. The molecule has 0 aliphatic rings. The van der Waals surface area contributed by atoms with E-state index in [1.807, 2.05) is 6.92 Å². The number of H-pyrrole nitrogens is 1. The monoisotopic (exact) mass is 271 g/mol. The van der Waals surface area contributed by atoms with Gasteiger partial charge in [0.2, 0.25) is 0 Å². The SMILES string of the molecule is Cc1[nH]ncc1CNc1cccc(OC(F)(F)F)c1. The summed E-state index contributed by atoms with van der Waals surface area (Å²) in [4.78, 5) is 0. The first kappa shape index (κ1) is 13.3. The first-order chi connectivity index (χ1) is 8.94. The standard InChI is InChI=1S/C12H12F3N3O/c1-8-9(7-17-18-8)6-16-10-3-2-4-11(5-10)19-12(13,14)15/h2-5,7,16H,6H2,1H3,(H,17,18). The largest absolute Gasteiger partial charge is 0.573 e. The zero-order chi connectivity index (χ0) is 13.9. The van der Waals surface area contributed by atoms with Crippen molar-refractivity contribution in [3.05, 3.63) is 41.7 Å². The summed E-state index contributed by atoms with van der Waals surface area (Å²) in [6.07, 6.45) is -3.02. The maximum Gasteiger partial charge on any atom is 0.573 e. The Balaban J connectivity index is 2.01. The Morgan fingerprint density at radius 1 is 1.37 bits per heavy atom. The van der Waals surface area contributed by atoms with Gasteiger partial charge in [-0.25, -0.2) is 0 Å². The Morgan fingerprint density at radius 2 is 2.16 bits per heavy atom. The molecule has 0 saturated carbocycles. The van der Waals surface area contributed by atoms with Gasteiger partial charge in [-0.05, 0) is 19.1 Å². The molecule has 0 spiro atoms. The normalized spacial score (nSPS) is 11.4. The minimum absolute atomic E-state index is 0.249. The number of hydrogen-bond donors (Lipinski definition) is 2. The van der Waals surface area contributed by atoms with Crippen LogP contribution in [0.15, 0.2) is 30.5 Å². The Morgan fingerprint density at radius 3 is 2.79 bits per heavy atom. The fourth-order valence-electron chi connectivity index (χ4n) is 1.55. The Bertz CT molecular complexity index is 551. The lowest BCUT2D eigenvalue weighted by atomic mass is 10.2. The fourth-order valence-corrected chi connectivity index (χ4v) is 1.55. The van der Waals surface area contributed by atoms with Crippen LogP contribution in [0.25, 0.3) is 0 Å². The Hall–Kier alpha value is -2.18. The molecule has 0 aliphatic carbocycles. The number of benzene rings is 1. The lowest BCUT2D eigenvalue weighted by molar-refractivity contribution is -0.274. The van der Waals surface area contributed by atoms with Gasteiger partial charge in [0.15, 0.2) is 0 Å². The highest BCUT2D eigenvalue weighted by Crippen LogP contribution is 2.25. The summed E-state index contributed by atoms with van der Waals surface area (Å²) in [5.41, 5.74) is 2.40. The third kappa shape index (κ3) is 3.90. The molecule has 19 heavy (non-hydrogen) atoms. The first-order valence-electron chi connectivity index (χ1n) is 5.52. The molecule has 0 atom stereocenters. The molecule has 1 heterocycles. The number of alkyl halides is 3. The molecule has 2 aromatic rings. The molecule has 0 aliphatic heterocycles. The third-order valence-corrected chi connectivity index (χ3v) is 2.48. The van der Waals surface area contributed by atoms with Crippen molar-refractivity contribution in [1.82, 2.24) is 10.2 Å². The molecule has 0 fully saturated rings. The van der Waals surface area contributed by atoms with Crippen molar-refractivity contribution in [2.24, 2.45) is 0 Å². The molecule has 0 radical (unpaired) electrons. The van der Waals surface area contributed by atoms with Crippen LogP contribution in [-0.2, 0) is 6.54 Å². The van der Waals surface area contributed by atoms with Gasteiger partial charge >= 0.3 is 6.36 Å². The molecule has 0 amide bonds. The van der Waals surface area contributed by atoms with E-state index in [-0.39, 0.29) is 5.75 Å². The van der Waals surface area contributed by atoms with Crippen molar-refractivity contribution in [1.29, 1.82) is 0 Å². The van der Waals surface area contributed by atoms with Gasteiger partial charge in [0, 0.05) is 29.6 Å². The second-order valence-corrected chi connectivity index (χ2v) is 3.95. The van der Waals surface area contributed by atoms with E-state index in [1.165, 1.54) is 18.2 Å². The van der Waals surface area contributed by atoms with E-state index in [0.717, 1.165) is 11.3 Å². The molecular formula is C12H12F3N3O. The Kier molecular flexibility index (Phi) is 3.64. The van der Waals surface area contributed by atoms with Crippen molar-refractivity contribution < 1.29 is 17.9 Å². The van der Waals surface area contributed by atoms with Crippen molar-refractivity contribution in [3.63, 3.8) is 0 Å². The number of anilines is 1. The minimum Gasteiger partial charge on any atom is -0.406 e. The average Bonchev–Trinajstić information content (AvgIpc) is 2.70. The lowest BCUT2D eigenvalue weighted by Crippen LogP contribution is -2.17. The van der Waals surface area contributed by atoms with Crippen molar-refractivity contribution in [2.75, 3.05) is 5.32 Å². The second-order valence-electron chi connectivity index (χ2n) is 3.95. The predicted molar refractivity (Wildman–Crippen MR) is 63.8 cm³/mol. The van der Waals surface area contributed by atoms with Crippen LogP contribution < -0.4 is 10.1 Å². The van der Waals surface area contributed by atoms with Crippen LogP contribution in [0.5, 0.6) is 5.75 Å². The van der Waals surface area contributed by atoms with Gasteiger partial charge in [-0.2, -0.15) is 5.10 Å². The number of nitrogens with one attached hydrogen (secondary N) is 2.